The number of hydrogen-bond donors (Lipinski definition) is 1. The summed E-state index contributed by atoms with van der Waals surface area (Å²) in [6.07, 6.45) is 3.23. The molecule has 0 unspecified atom stereocenters. The fraction of sp³-hybridized carbons (Fsp3) is 0.250. The maximum atomic E-state index is 12.9. The third kappa shape index (κ3) is 4.08. The number of nitrogens with one attached hydrogen (secondary N) is 1. The zero-order valence-corrected chi connectivity index (χ0v) is 13.8. The van der Waals surface area contributed by atoms with Crippen LogP contribution in [0.1, 0.15) is 16.2 Å². The van der Waals surface area contributed by atoms with Gasteiger partial charge in [0.05, 0.1) is 12.1 Å². The van der Waals surface area contributed by atoms with Crippen molar-refractivity contribution in [1.82, 2.24) is 24.5 Å². The standard InChI is InChI=1S/C16H15F3N6O/c1-23-8-6-20-14(23)10-24(11-16(17,18)19)15(26)12-3-4-13(21-9-12)25-7-2-5-22-25/h2-9H,10-11H2,1H3/p+1. The highest BCUT2D eigenvalue weighted by atomic mass is 19.4. The van der Waals surface area contributed by atoms with E-state index in [-0.39, 0.29) is 12.1 Å². The number of rotatable bonds is 5. The molecule has 1 N–H and O–H groups in total. The monoisotopic (exact) mass is 365 g/mol. The Balaban J connectivity index is 1.83. The van der Waals surface area contributed by atoms with Gasteiger partial charge >= 0.3 is 12.0 Å². The van der Waals surface area contributed by atoms with Gasteiger partial charge < -0.3 is 9.47 Å². The Morgan fingerprint density at radius 2 is 2.15 bits per heavy atom. The van der Waals surface area contributed by atoms with E-state index in [1.165, 1.54) is 18.5 Å². The number of carbonyl (C=O) groups excluding carboxylic acids is 1. The van der Waals surface area contributed by atoms with Crippen molar-refractivity contribution in [2.45, 2.75) is 12.7 Å². The fourth-order valence-electron chi connectivity index (χ4n) is 2.41. The predicted molar refractivity (Wildman–Crippen MR) is 84.1 cm³/mol. The maximum absolute atomic E-state index is 12.9. The van der Waals surface area contributed by atoms with Gasteiger partial charge in [0.15, 0.2) is 6.20 Å². The van der Waals surface area contributed by atoms with Gasteiger partial charge in [-0.05, 0) is 17.1 Å². The molecule has 3 aromatic heterocycles. The van der Waals surface area contributed by atoms with Crippen LogP contribution in [0, 0.1) is 0 Å². The zero-order valence-electron chi connectivity index (χ0n) is 13.8. The van der Waals surface area contributed by atoms with E-state index < -0.39 is 18.6 Å². The molecule has 3 aromatic rings. The van der Waals surface area contributed by atoms with Crippen LogP contribution in [0.2, 0.25) is 0 Å². The Kier molecular flexibility index (Phi) is 4.74. The second kappa shape index (κ2) is 6.98. The third-order valence-corrected chi connectivity index (χ3v) is 3.70. The van der Waals surface area contributed by atoms with E-state index in [2.05, 4.69) is 15.1 Å². The number of amides is 1. The summed E-state index contributed by atoms with van der Waals surface area (Å²) in [5.41, 5.74) is 0.0689. The van der Waals surface area contributed by atoms with Crippen LogP contribution in [0.25, 0.3) is 5.82 Å². The number of imidazole rings is 1. The molecule has 0 saturated carbocycles. The lowest BCUT2D eigenvalue weighted by atomic mass is 10.2. The van der Waals surface area contributed by atoms with Crippen LogP contribution in [0.5, 0.6) is 0 Å². The lowest BCUT2D eigenvalue weighted by Crippen LogP contribution is -2.39. The SMILES string of the molecule is Cn1ccnc1CN(CC(F)(F)F)C(=O)c1ccc(-[n+]2ccc[nH]2)nc1. The number of halogens is 3. The molecule has 1 amide bonds. The summed E-state index contributed by atoms with van der Waals surface area (Å²) in [7, 11) is 1.66. The molecule has 0 aliphatic heterocycles. The molecule has 26 heavy (non-hydrogen) atoms. The van der Waals surface area contributed by atoms with Crippen LogP contribution in [0.3, 0.4) is 0 Å². The first-order chi connectivity index (χ1) is 12.3. The highest BCUT2D eigenvalue weighted by Crippen LogP contribution is 2.19. The normalized spacial score (nSPS) is 11.5. The number of aromatic nitrogens is 5. The van der Waals surface area contributed by atoms with Crippen molar-refractivity contribution in [3.05, 3.63) is 60.6 Å². The molecule has 136 valence electrons. The van der Waals surface area contributed by atoms with Crippen LogP contribution >= 0.6 is 0 Å². The summed E-state index contributed by atoms with van der Waals surface area (Å²) < 4.78 is 41.9. The molecule has 0 radical (unpaired) electrons. The molecule has 0 aromatic carbocycles. The molecule has 3 heterocycles. The smallest absolute Gasteiger partial charge is 0.337 e. The second-order valence-electron chi connectivity index (χ2n) is 5.64. The van der Waals surface area contributed by atoms with Crippen molar-refractivity contribution in [3.8, 4) is 5.82 Å². The highest BCUT2D eigenvalue weighted by Gasteiger charge is 2.34. The number of aromatic amines is 1. The third-order valence-electron chi connectivity index (χ3n) is 3.70. The van der Waals surface area contributed by atoms with E-state index >= 15 is 0 Å². The van der Waals surface area contributed by atoms with Crippen molar-refractivity contribution in [2.24, 2.45) is 7.05 Å². The largest absolute Gasteiger partial charge is 0.406 e. The summed E-state index contributed by atoms with van der Waals surface area (Å²) in [6, 6.07) is 4.76. The molecular weight excluding hydrogens is 349 g/mol. The Hall–Kier alpha value is -3.17. The van der Waals surface area contributed by atoms with Crippen LogP contribution in [-0.2, 0) is 13.6 Å². The first-order valence-corrected chi connectivity index (χ1v) is 7.67. The zero-order chi connectivity index (χ0) is 18.7. The summed E-state index contributed by atoms with van der Waals surface area (Å²) in [5, 5.41) is 2.89. The van der Waals surface area contributed by atoms with Crippen LogP contribution in [0.4, 0.5) is 13.2 Å². The van der Waals surface area contributed by atoms with E-state index in [1.54, 1.807) is 47.0 Å². The maximum Gasteiger partial charge on any atom is 0.406 e. The lowest BCUT2D eigenvalue weighted by molar-refractivity contribution is -0.658. The second-order valence-corrected chi connectivity index (χ2v) is 5.64. The van der Waals surface area contributed by atoms with E-state index in [0.717, 1.165) is 0 Å². The van der Waals surface area contributed by atoms with Gasteiger partial charge in [0, 0.05) is 31.7 Å². The average Bonchev–Trinajstić information content (AvgIpc) is 3.25. The molecule has 0 bridgehead atoms. The molecule has 3 rings (SSSR count). The first kappa shape index (κ1) is 17.6. The van der Waals surface area contributed by atoms with Gasteiger partial charge in [-0.3, -0.25) is 4.79 Å². The van der Waals surface area contributed by atoms with E-state index in [1.807, 2.05) is 0 Å². The summed E-state index contributed by atoms with van der Waals surface area (Å²) >= 11 is 0. The molecule has 0 atom stereocenters. The number of aryl methyl sites for hydroxylation is 1. The quantitative estimate of drug-likeness (QED) is 0.699. The van der Waals surface area contributed by atoms with Gasteiger partial charge in [-0.25, -0.2) is 10.1 Å². The van der Waals surface area contributed by atoms with Crippen LogP contribution in [0.15, 0.2) is 49.2 Å². The molecule has 0 aliphatic rings. The molecule has 0 spiro atoms. The number of carbonyl (C=O) groups is 1. The average molecular weight is 365 g/mol. The van der Waals surface area contributed by atoms with Crippen molar-refractivity contribution < 1.29 is 22.6 Å². The first-order valence-electron chi connectivity index (χ1n) is 7.67. The van der Waals surface area contributed by atoms with Crippen molar-refractivity contribution >= 4 is 5.91 Å². The topological polar surface area (TPSA) is 70.7 Å². The minimum absolute atomic E-state index is 0.0689. The van der Waals surface area contributed by atoms with E-state index in [4.69, 9.17) is 0 Å². The van der Waals surface area contributed by atoms with E-state index in [0.29, 0.717) is 16.5 Å². The number of alkyl halides is 3. The number of pyridine rings is 1. The summed E-state index contributed by atoms with van der Waals surface area (Å²) in [4.78, 5) is 21.4. The molecular formula is C16H16F3N6O+. The van der Waals surface area contributed by atoms with Crippen molar-refractivity contribution in [3.63, 3.8) is 0 Å². The predicted octanol–water partition coefficient (Wildman–Crippen LogP) is 1.62. The molecule has 7 nitrogen and oxygen atoms in total. The Labute approximate surface area is 146 Å². The Bertz CT molecular complexity index is 870. The van der Waals surface area contributed by atoms with Gasteiger partial charge in [0.25, 0.3) is 5.91 Å². The summed E-state index contributed by atoms with van der Waals surface area (Å²) in [5.74, 6) is 0.105. The van der Waals surface area contributed by atoms with Crippen LogP contribution in [-0.4, -0.2) is 43.2 Å². The minimum Gasteiger partial charge on any atom is -0.337 e. The van der Waals surface area contributed by atoms with Crippen LogP contribution < -0.4 is 4.68 Å². The number of H-pyrrole nitrogens is 1. The van der Waals surface area contributed by atoms with Gasteiger partial charge in [0.2, 0.25) is 0 Å². The van der Waals surface area contributed by atoms with Crippen molar-refractivity contribution in [2.75, 3.05) is 6.54 Å². The molecule has 0 saturated heterocycles. The molecule has 10 heteroatoms. The minimum atomic E-state index is -4.52. The number of nitrogens with zero attached hydrogens (tertiary/aromatic N) is 5. The number of hydrogen-bond acceptors (Lipinski definition) is 3. The van der Waals surface area contributed by atoms with Gasteiger partial charge in [-0.15, -0.1) is 4.68 Å². The lowest BCUT2D eigenvalue weighted by Gasteiger charge is -2.23. The fourth-order valence-corrected chi connectivity index (χ4v) is 2.41. The molecule has 0 fully saturated rings. The van der Waals surface area contributed by atoms with Crippen molar-refractivity contribution in [1.29, 1.82) is 0 Å². The highest BCUT2D eigenvalue weighted by molar-refractivity contribution is 5.94. The summed E-state index contributed by atoms with van der Waals surface area (Å²) in [6.45, 7) is -1.62. The van der Waals surface area contributed by atoms with Gasteiger partial charge in [-0.2, -0.15) is 13.2 Å². The van der Waals surface area contributed by atoms with Gasteiger partial charge in [-0.1, -0.05) is 0 Å². The van der Waals surface area contributed by atoms with E-state index in [9.17, 15) is 18.0 Å². The van der Waals surface area contributed by atoms with Gasteiger partial charge in [0.1, 0.15) is 18.6 Å². The Morgan fingerprint density at radius 1 is 1.35 bits per heavy atom. The molecule has 0 aliphatic carbocycles. The Morgan fingerprint density at radius 3 is 2.69 bits per heavy atom.